The van der Waals surface area contributed by atoms with Crippen molar-refractivity contribution in [2.24, 2.45) is 5.73 Å². The Balaban J connectivity index is 2.95. The molecule has 0 rings (SSSR count). The molecule has 0 fully saturated rings. The molecule has 1 radical (unpaired) electrons. The summed E-state index contributed by atoms with van der Waals surface area (Å²) in [5, 5.41) is 0. The molecule has 0 aromatic carbocycles. The van der Waals surface area contributed by atoms with Crippen molar-refractivity contribution < 1.29 is 4.74 Å². The molecule has 0 aromatic rings. The van der Waals surface area contributed by atoms with Crippen molar-refractivity contribution in [3.63, 3.8) is 0 Å². The maximum Gasteiger partial charge on any atom is 0.106 e. The summed E-state index contributed by atoms with van der Waals surface area (Å²) in [6, 6.07) is 0. The highest BCUT2D eigenvalue weighted by atomic mass is 16.5. The number of ether oxygens (including phenoxy) is 1. The van der Waals surface area contributed by atoms with E-state index in [9.17, 15) is 0 Å². The molecule has 3 N–H and O–H groups in total. The second-order valence-electron chi connectivity index (χ2n) is 1.95. The van der Waals surface area contributed by atoms with Crippen LogP contribution in [0.1, 0.15) is 19.8 Å². The van der Waals surface area contributed by atoms with Crippen molar-refractivity contribution in [2.75, 3.05) is 13.2 Å². The predicted molar refractivity (Wildman–Crippen MR) is 36.8 cm³/mol. The summed E-state index contributed by atoms with van der Waals surface area (Å²) in [5.74, 6) is 0. The van der Waals surface area contributed by atoms with Gasteiger partial charge in [-0.3, -0.25) is 5.73 Å². The SMILES string of the molecule is CCCOC(N)CC[NH]. The second-order valence-corrected chi connectivity index (χ2v) is 1.95. The van der Waals surface area contributed by atoms with Gasteiger partial charge in [0, 0.05) is 19.6 Å². The van der Waals surface area contributed by atoms with E-state index >= 15 is 0 Å². The predicted octanol–water partition coefficient (Wildman–Crippen LogP) is 0.371. The molecule has 0 amide bonds. The van der Waals surface area contributed by atoms with E-state index in [1.54, 1.807) is 0 Å². The Bertz CT molecular complexity index is 59.0. The Morgan fingerprint density at radius 1 is 1.67 bits per heavy atom. The molecule has 3 heteroatoms. The van der Waals surface area contributed by atoms with Crippen LogP contribution in [0.3, 0.4) is 0 Å². The molecule has 1 atom stereocenters. The monoisotopic (exact) mass is 131 g/mol. The van der Waals surface area contributed by atoms with Crippen LogP contribution in [0.4, 0.5) is 0 Å². The van der Waals surface area contributed by atoms with E-state index in [2.05, 4.69) is 0 Å². The smallest absolute Gasteiger partial charge is 0.106 e. The van der Waals surface area contributed by atoms with Crippen molar-refractivity contribution in [1.29, 1.82) is 0 Å². The number of nitrogens with one attached hydrogen (secondary N) is 1. The van der Waals surface area contributed by atoms with Gasteiger partial charge in [0.25, 0.3) is 0 Å². The number of hydrogen-bond donors (Lipinski definition) is 1. The average molecular weight is 131 g/mol. The van der Waals surface area contributed by atoms with Crippen molar-refractivity contribution in [2.45, 2.75) is 26.0 Å². The molecular weight excluding hydrogens is 116 g/mol. The van der Waals surface area contributed by atoms with Crippen LogP contribution in [0, 0.1) is 0 Å². The third-order valence-electron chi connectivity index (χ3n) is 0.965. The third-order valence-corrected chi connectivity index (χ3v) is 0.965. The molecule has 0 saturated carbocycles. The molecule has 0 heterocycles. The Hall–Kier alpha value is -0.120. The average Bonchev–Trinajstić information content (AvgIpc) is 1.85. The van der Waals surface area contributed by atoms with Crippen LogP contribution in [0.25, 0.3) is 0 Å². The number of rotatable bonds is 5. The van der Waals surface area contributed by atoms with Crippen molar-refractivity contribution >= 4 is 0 Å². The van der Waals surface area contributed by atoms with Gasteiger partial charge in [-0.05, 0) is 6.42 Å². The van der Waals surface area contributed by atoms with Crippen molar-refractivity contribution in [1.82, 2.24) is 5.73 Å². The summed E-state index contributed by atoms with van der Waals surface area (Å²) < 4.78 is 5.09. The van der Waals surface area contributed by atoms with Crippen LogP contribution in [0.15, 0.2) is 0 Å². The third kappa shape index (κ3) is 5.76. The lowest BCUT2D eigenvalue weighted by Gasteiger charge is -2.09. The topological polar surface area (TPSA) is 59.0 Å². The Morgan fingerprint density at radius 3 is 2.78 bits per heavy atom. The minimum atomic E-state index is -0.220. The lowest BCUT2D eigenvalue weighted by atomic mass is 10.4. The summed E-state index contributed by atoms with van der Waals surface area (Å²) in [5.41, 5.74) is 12.2. The largest absolute Gasteiger partial charge is 0.364 e. The Kier molecular flexibility index (Phi) is 5.93. The summed E-state index contributed by atoms with van der Waals surface area (Å²) in [6.45, 7) is 3.10. The van der Waals surface area contributed by atoms with Gasteiger partial charge in [0.15, 0.2) is 0 Å². The highest BCUT2D eigenvalue weighted by molar-refractivity contribution is 4.46. The van der Waals surface area contributed by atoms with Crippen LogP contribution in [0.2, 0.25) is 0 Å². The summed E-state index contributed by atoms with van der Waals surface area (Å²) in [6.07, 6.45) is 1.41. The van der Waals surface area contributed by atoms with Gasteiger partial charge in [-0.15, -0.1) is 0 Å². The minimum absolute atomic E-state index is 0.220. The fourth-order valence-electron chi connectivity index (χ4n) is 0.495. The van der Waals surface area contributed by atoms with Gasteiger partial charge >= 0.3 is 0 Å². The van der Waals surface area contributed by atoms with Crippen LogP contribution in [-0.4, -0.2) is 19.4 Å². The van der Waals surface area contributed by atoms with E-state index in [1.165, 1.54) is 0 Å². The Morgan fingerprint density at radius 2 is 2.33 bits per heavy atom. The first-order chi connectivity index (χ1) is 4.31. The van der Waals surface area contributed by atoms with Crippen LogP contribution in [0.5, 0.6) is 0 Å². The normalized spacial score (nSPS) is 13.7. The van der Waals surface area contributed by atoms with Crippen molar-refractivity contribution in [3.8, 4) is 0 Å². The minimum Gasteiger partial charge on any atom is -0.364 e. The lowest BCUT2D eigenvalue weighted by Crippen LogP contribution is -2.25. The van der Waals surface area contributed by atoms with Crippen LogP contribution in [-0.2, 0) is 4.74 Å². The van der Waals surface area contributed by atoms with E-state index in [-0.39, 0.29) is 6.23 Å². The highest BCUT2D eigenvalue weighted by Gasteiger charge is 1.97. The van der Waals surface area contributed by atoms with Crippen molar-refractivity contribution in [3.05, 3.63) is 0 Å². The maximum atomic E-state index is 6.81. The molecule has 55 valence electrons. The molecule has 0 aromatic heterocycles. The zero-order valence-corrected chi connectivity index (χ0v) is 5.89. The number of nitrogens with two attached hydrogens (primary N) is 1. The molecule has 3 nitrogen and oxygen atoms in total. The fraction of sp³-hybridized carbons (Fsp3) is 1.00. The number of hydrogen-bond acceptors (Lipinski definition) is 2. The van der Waals surface area contributed by atoms with Gasteiger partial charge in [0.1, 0.15) is 6.23 Å². The molecule has 0 aliphatic carbocycles. The maximum absolute atomic E-state index is 6.81. The first kappa shape index (κ1) is 8.88. The van der Waals surface area contributed by atoms with Gasteiger partial charge < -0.3 is 10.5 Å². The van der Waals surface area contributed by atoms with E-state index in [0.29, 0.717) is 19.6 Å². The molecule has 0 aliphatic heterocycles. The molecule has 0 bridgehead atoms. The highest BCUT2D eigenvalue weighted by Crippen LogP contribution is 1.89. The molecular formula is C6H15N2O. The van der Waals surface area contributed by atoms with Gasteiger partial charge in [0.2, 0.25) is 0 Å². The Labute approximate surface area is 56.4 Å². The standard InChI is InChI=1S/C6H15N2O/c1-2-5-9-6(8)3-4-7/h6-7H,2-5,8H2,1H3. The molecule has 0 saturated heterocycles. The molecule has 0 spiro atoms. The van der Waals surface area contributed by atoms with E-state index < -0.39 is 0 Å². The summed E-state index contributed by atoms with van der Waals surface area (Å²) in [7, 11) is 0. The second kappa shape index (κ2) is 6.01. The zero-order valence-electron chi connectivity index (χ0n) is 5.89. The van der Waals surface area contributed by atoms with Gasteiger partial charge in [-0.2, -0.15) is 0 Å². The van der Waals surface area contributed by atoms with E-state index in [0.717, 1.165) is 6.42 Å². The van der Waals surface area contributed by atoms with Gasteiger partial charge in [-0.1, -0.05) is 6.92 Å². The van der Waals surface area contributed by atoms with Crippen LogP contribution < -0.4 is 11.5 Å². The molecule has 9 heavy (non-hydrogen) atoms. The van der Waals surface area contributed by atoms with Gasteiger partial charge in [0.05, 0.1) is 0 Å². The first-order valence-corrected chi connectivity index (χ1v) is 3.33. The lowest BCUT2D eigenvalue weighted by molar-refractivity contribution is 0.0539. The summed E-state index contributed by atoms with van der Waals surface area (Å²) in [4.78, 5) is 0. The molecule has 1 unspecified atom stereocenters. The summed E-state index contributed by atoms with van der Waals surface area (Å²) >= 11 is 0. The van der Waals surface area contributed by atoms with E-state index in [4.69, 9.17) is 16.2 Å². The molecule has 0 aliphatic rings. The quantitative estimate of drug-likeness (QED) is 0.548. The first-order valence-electron chi connectivity index (χ1n) is 3.33. The van der Waals surface area contributed by atoms with Gasteiger partial charge in [-0.25, -0.2) is 0 Å². The zero-order chi connectivity index (χ0) is 7.11. The van der Waals surface area contributed by atoms with E-state index in [1.807, 2.05) is 6.92 Å². The fourth-order valence-corrected chi connectivity index (χ4v) is 0.495. The van der Waals surface area contributed by atoms with Crippen LogP contribution >= 0.6 is 0 Å².